The summed E-state index contributed by atoms with van der Waals surface area (Å²) in [5, 5.41) is 9.28. The minimum absolute atomic E-state index is 0.0411. The van der Waals surface area contributed by atoms with Gasteiger partial charge in [0.1, 0.15) is 0 Å². The Hall–Kier alpha value is -0.540. The van der Waals surface area contributed by atoms with E-state index in [-0.39, 0.29) is 12.3 Å². The van der Waals surface area contributed by atoms with Gasteiger partial charge in [-0.1, -0.05) is 34.5 Å². The Morgan fingerprint density at radius 1 is 1.64 bits per heavy atom. The molecule has 14 heavy (non-hydrogen) atoms. The summed E-state index contributed by atoms with van der Waals surface area (Å²) in [5.74, 6) is -0.843. The molecule has 0 saturated heterocycles. The zero-order chi connectivity index (χ0) is 10.7. The standard InChI is InChI=1S/C10H10BrClO2/c1-6(4-10(13)14)8-5-7(12)2-3-9(8)11/h2-3,5-6H,4H2,1H3,(H,13,14). The van der Waals surface area contributed by atoms with E-state index in [1.165, 1.54) is 0 Å². The van der Waals surface area contributed by atoms with Crippen LogP contribution >= 0.6 is 27.5 Å². The van der Waals surface area contributed by atoms with Crippen LogP contribution in [0.1, 0.15) is 24.8 Å². The predicted octanol–water partition coefficient (Wildman–Crippen LogP) is 3.68. The summed E-state index contributed by atoms with van der Waals surface area (Å²) < 4.78 is 0.899. The average molecular weight is 278 g/mol. The van der Waals surface area contributed by atoms with Crippen molar-refractivity contribution in [3.8, 4) is 0 Å². The lowest BCUT2D eigenvalue weighted by Crippen LogP contribution is -2.03. The van der Waals surface area contributed by atoms with E-state index < -0.39 is 5.97 Å². The van der Waals surface area contributed by atoms with Crippen LogP contribution in [-0.4, -0.2) is 11.1 Å². The molecule has 1 N–H and O–H groups in total. The van der Waals surface area contributed by atoms with Gasteiger partial charge in [-0.2, -0.15) is 0 Å². The van der Waals surface area contributed by atoms with Crippen LogP contribution in [0.25, 0.3) is 0 Å². The van der Waals surface area contributed by atoms with E-state index in [1.54, 1.807) is 12.1 Å². The van der Waals surface area contributed by atoms with E-state index in [1.807, 2.05) is 13.0 Å². The number of aliphatic carboxylic acids is 1. The molecule has 0 spiro atoms. The Morgan fingerprint density at radius 3 is 2.86 bits per heavy atom. The molecule has 0 bridgehead atoms. The van der Waals surface area contributed by atoms with Gasteiger partial charge < -0.3 is 5.11 Å². The molecule has 0 amide bonds. The lowest BCUT2D eigenvalue weighted by atomic mass is 9.98. The minimum Gasteiger partial charge on any atom is -0.481 e. The van der Waals surface area contributed by atoms with Crippen molar-refractivity contribution in [1.82, 2.24) is 0 Å². The van der Waals surface area contributed by atoms with Gasteiger partial charge in [-0.3, -0.25) is 4.79 Å². The monoisotopic (exact) mass is 276 g/mol. The van der Waals surface area contributed by atoms with E-state index in [0.29, 0.717) is 5.02 Å². The Labute approximate surface area is 96.0 Å². The smallest absolute Gasteiger partial charge is 0.303 e. The van der Waals surface area contributed by atoms with Crippen molar-refractivity contribution in [2.75, 3.05) is 0 Å². The van der Waals surface area contributed by atoms with Crippen LogP contribution in [0, 0.1) is 0 Å². The topological polar surface area (TPSA) is 37.3 Å². The van der Waals surface area contributed by atoms with Crippen molar-refractivity contribution in [3.63, 3.8) is 0 Å². The Kier molecular flexibility index (Phi) is 3.96. The highest BCUT2D eigenvalue weighted by Gasteiger charge is 2.13. The quantitative estimate of drug-likeness (QED) is 0.915. The van der Waals surface area contributed by atoms with Crippen LogP contribution in [0.3, 0.4) is 0 Å². The lowest BCUT2D eigenvalue weighted by molar-refractivity contribution is -0.137. The SMILES string of the molecule is CC(CC(=O)O)c1cc(Cl)ccc1Br. The van der Waals surface area contributed by atoms with Crippen LogP contribution in [-0.2, 0) is 4.79 Å². The molecule has 0 heterocycles. The summed E-state index contributed by atoms with van der Waals surface area (Å²) in [4.78, 5) is 10.5. The fourth-order valence-electron chi connectivity index (χ4n) is 1.26. The molecular formula is C10H10BrClO2. The largest absolute Gasteiger partial charge is 0.481 e. The van der Waals surface area contributed by atoms with E-state index in [2.05, 4.69) is 15.9 Å². The molecular weight excluding hydrogens is 267 g/mol. The number of benzene rings is 1. The van der Waals surface area contributed by atoms with Gasteiger partial charge in [0, 0.05) is 9.50 Å². The third-order valence-electron chi connectivity index (χ3n) is 1.97. The number of rotatable bonds is 3. The summed E-state index contributed by atoms with van der Waals surface area (Å²) in [5.41, 5.74) is 0.930. The molecule has 1 aromatic rings. The second-order valence-electron chi connectivity index (χ2n) is 3.16. The van der Waals surface area contributed by atoms with Crippen LogP contribution in [0.5, 0.6) is 0 Å². The molecule has 2 nitrogen and oxygen atoms in total. The third-order valence-corrected chi connectivity index (χ3v) is 2.93. The highest BCUT2D eigenvalue weighted by molar-refractivity contribution is 9.10. The molecule has 1 rings (SSSR count). The van der Waals surface area contributed by atoms with Crippen LogP contribution in [0.2, 0.25) is 5.02 Å². The summed E-state index contributed by atoms with van der Waals surface area (Å²) >= 11 is 9.20. The van der Waals surface area contributed by atoms with Crippen molar-refractivity contribution in [2.24, 2.45) is 0 Å². The van der Waals surface area contributed by atoms with E-state index in [4.69, 9.17) is 16.7 Å². The molecule has 0 aliphatic carbocycles. The summed E-state index contributed by atoms with van der Waals surface area (Å²) in [7, 11) is 0. The second kappa shape index (κ2) is 4.80. The maximum atomic E-state index is 10.5. The van der Waals surface area contributed by atoms with E-state index in [9.17, 15) is 4.79 Å². The average Bonchev–Trinajstić information content (AvgIpc) is 2.08. The molecule has 1 aromatic carbocycles. The Bertz CT molecular complexity index is 352. The molecule has 0 radical (unpaired) electrons. The maximum Gasteiger partial charge on any atom is 0.303 e. The Morgan fingerprint density at radius 2 is 2.29 bits per heavy atom. The molecule has 1 unspecified atom stereocenters. The molecule has 1 atom stereocenters. The fraction of sp³-hybridized carbons (Fsp3) is 0.300. The maximum absolute atomic E-state index is 10.5. The van der Waals surface area contributed by atoms with Crippen LogP contribution < -0.4 is 0 Å². The fourth-order valence-corrected chi connectivity index (χ4v) is 2.08. The molecule has 0 fully saturated rings. The molecule has 0 aromatic heterocycles. The minimum atomic E-state index is -0.802. The van der Waals surface area contributed by atoms with Gasteiger partial charge in [0.2, 0.25) is 0 Å². The zero-order valence-electron chi connectivity index (χ0n) is 7.63. The summed E-state index contributed by atoms with van der Waals surface area (Å²) in [6, 6.07) is 5.39. The highest BCUT2D eigenvalue weighted by atomic mass is 79.9. The van der Waals surface area contributed by atoms with Gasteiger partial charge in [-0.15, -0.1) is 0 Å². The number of carbonyl (C=O) groups is 1. The number of carboxylic acids is 1. The van der Waals surface area contributed by atoms with Crippen molar-refractivity contribution in [1.29, 1.82) is 0 Å². The second-order valence-corrected chi connectivity index (χ2v) is 4.46. The summed E-state index contributed by atoms with van der Waals surface area (Å²) in [6.07, 6.45) is 0.110. The third kappa shape index (κ3) is 3.00. The zero-order valence-corrected chi connectivity index (χ0v) is 9.97. The van der Waals surface area contributed by atoms with E-state index >= 15 is 0 Å². The first-order chi connectivity index (χ1) is 6.50. The molecule has 0 aliphatic heterocycles. The lowest BCUT2D eigenvalue weighted by Gasteiger charge is -2.11. The van der Waals surface area contributed by atoms with Gasteiger partial charge in [-0.05, 0) is 29.7 Å². The van der Waals surface area contributed by atoms with E-state index in [0.717, 1.165) is 10.0 Å². The first kappa shape index (κ1) is 11.5. The van der Waals surface area contributed by atoms with Crippen molar-refractivity contribution in [3.05, 3.63) is 33.3 Å². The van der Waals surface area contributed by atoms with Crippen LogP contribution in [0.15, 0.2) is 22.7 Å². The van der Waals surface area contributed by atoms with Gasteiger partial charge >= 0.3 is 5.97 Å². The number of carboxylic acid groups (broad SMARTS) is 1. The number of hydrogen-bond acceptors (Lipinski definition) is 1. The molecule has 76 valence electrons. The predicted molar refractivity (Wildman–Crippen MR) is 59.8 cm³/mol. The van der Waals surface area contributed by atoms with Crippen molar-refractivity contribution in [2.45, 2.75) is 19.3 Å². The van der Waals surface area contributed by atoms with Gasteiger partial charge in [0.25, 0.3) is 0 Å². The summed E-state index contributed by atoms with van der Waals surface area (Å²) in [6.45, 7) is 1.87. The van der Waals surface area contributed by atoms with Gasteiger partial charge in [0.05, 0.1) is 6.42 Å². The molecule has 4 heteroatoms. The Balaban J connectivity index is 2.93. The normalized spacial score (nSPS) is 12.5. The van der Waals surface area contributed by atoms with Crippen molar-refractivity contribution >= 4 is 33.5 Å². The molecule has 0 aliphatic rings. The highest BCUT2D eigenvalue weighted by Crippen LogP contribution is 2.29. The van der Waals surface area contributed by atoms with Gasteiger partial charge in [0.15, 0.2) is 0 Å². The first-order valence-corrected chi connectivity index (χ1v) is 5.34. The van der Waals surface area contributed by atoms with Gasteiger partial charge in [-0.25, -0.2) is 0 Å². The van der Waals surface area contributed by atoms with Crippen molar-refractivity contribution < 1.29 is 9.90 Å². The number of hydrogen-bond donors (Lipinski definition) is 1. The van der Waals surface area contributed by atoms with Crippen LogP contribution in [0.4, 0.5) is 0 Å². The first-order valence-electron chi connectivity index (χ1n) is 4.17. The molecule has 0 saturated carbocycles. The number of halogens is 2.